The van der Waals surface area contributed by atoms with Crippen LogP contribution in [0.3, 0.4) is 0 Å². The van der Waals surface area contributed by atoms with Crippen LogP contribution in [0.25, 0.3) is 10.9 Å². The summed E-state index contributed by atoms with van der Waals surface area (Å²) in [6.07, 6.45) is 5.39. The Kier molecular flexibility index (Phi) is 4.22. The normalized spacial score (nSPS) is 15.3. The Morgan fingerprint density at radius 1 is 1.32 bits per heavy atom. The van der Waals surface area contributed by atoms with E-state index in [9.17, 15) is 9.59 Å². The fourth-order valence-corrected chi connectivity index (χ4v) is 3.14. The Labute approximate surface area is 129 Å². The third-order valence-corrected chi connectivity index (χ3v) is 4.41. The second-order valence-corrected chi connectivity index (χ2v) is 6.13. The van der Waals surface area contributed by atoms with E-state index in [0.717, 1.165) is 12.8 Å². The van der Waals surface area contributed by atoms with Gasteiger partial charge in [-0.15, -0.1) is 0 Å². The number of carbonyl (C=O) groups is 1. The van der Waals surface area contributed by atoms with Gasteiger partial charge in [-0.2, -0.15) is 0 Å². The first-order valence-electron chi connectivity index (χ1n) is 7.85. The number of H-pyrrole nitrogens is 1. The van der Waals surface area contributed by atoms with Crippen molar-refractivity contribution in [2.45, 2.75) is 38.6 Å². The largest absolute Gasteiger partial charge is 0.338 e. The molecule has 1 saturated carbocycles. The summed E-state index contributed by atoms with van der Waals surface area (Å²) >= 11 is 0. The molecule has 5 heteroatoms. The maximum absolute atomic E-state index is 12.3. The highest BCUT2D eigenvalue weighted by Crippen LogP contribution is 2.28. The van der Waals surface area contributed by atoms with Crippen molar-refractivity contribution in [3.8, 4) is 0 Å². The molecule has 0 radical (unpaired) electrons. The van der Waals surface area contributed by atoms with E-state index in [-0.39, 0.29) is 11.5 Å². The zero-order valence-electron chi connectivity index (χ0n) is 12.8. The van der Waals surface area contributed by atoms with Crippen LogP contribution >= 0.6 is 0 Å². The van der Waals surface area contributed by atoms with Gasteiger partial charge < -0.3 is 9.88 Å². The topological polar surface area (TPSA) is 66.1 Å². The van der Waals surface area contributed by atoms with Gasteiger partial charge >= 0.3 is 0 Å². The van der Waals surface area contributed by atoms with Gasteiger partial charge in [0.05, 0.1) is 17.4 Å². The Morgan fingerprint density at radius 3 is 2.82 bits per heavy atom. The van der Waals surface area contributed by atoms with Crippen LogP contribution < -0.4 is 5.56 Å². The maximum Gasteiger partial charge on any atom is 0.258 e. The predicted octanol–water partition coefficient (Wildman–Crippen LogP) is 2.46. The fraction of sp³-hybridized carbons (Fsp3) is 0.471. The second-order valence-electron chi connectivity index (χ2n) is 6.13. The molecule has 0 bridgehead atoms. The van der Waals surface area contributed by atoms with Gasteiger partial charge in [-0.3, -0.25) is 9.59 Å². The average Bonchev–Trinajstić information content (AvgIpc) is 3.00. The van der Waals surface area contributed by atoms with Crippen LogP contribution in [0.4, 0.5) is 0 Å². The SMILES string of the molecule is CN(Cc1nc2ccccc2c(=O)[nH]1)C(=O)CC1CCCC1. The highest BCUT2D eigenvalue weighted by atomic mass is 16.2. The minimum absolute atomic E-state index is 0.128. The molecule has 116 valence electrons. The van der Waals surface area contributed by atoms with E-state index in [1.165, 1.54) is 12.8 Å². The monoisotopic (exact) mass is 299 g/mol. The first-order chi connectivity index (χ1) is 10.6. The van der Waals surface area contributed by atoms with E-state index in [4.69, 9.17) is 0 Å². The number of benzene rings is 1. The van der Waals surface area contributed by atoms with Crippen molar-refractivity contribution in [1.29, 1.82) is 0 Å². The minimum atomic E-state index is -0.155. The molecule has 0 unspecified atom stereocenters. The number of aromatic nitrogens is 2. The van der Waals surface area contributed by atoms with E-state index < -0.39 is 0 Å². The zero-order chi connectivity index (χ0) is 15.5. The number of hydrogen-bond acceptors (Lipinski definition) is 3. The fourth-order valence-electron chi connectivity index (χ4n) is 3.14. The van der Waals surface area contributed by atoms with Gasteiger partial charge in [0, 0.05) is 13.5 Å². The highest BCUT2D eigenvalue weighted by Gasteiger charge is 2.21. The summed E-state index contributed by atoms with van der Waals surface area (Å²) in [6, 6.07) is 7.23. The molecule has 3 rings (SSSR count). The third-order valence-electron chi connectivity index (χ3n) is 4.41. The van der Waals surface area contributed by atoms with Gasteiger partial charge in [0.1, 0.15) is 5.82 Å². The molecule has 2 aromatic rings. The number of carbonyl (C=O) groups excluding carboxylic acids is 1. The number of para-hydroxylation sites is 1. The molecule has 1 aliphatic rings. The van der Waals surface area contributed by atoms with Crippen molar-refractivity contribution >= 4 is 16.8 Å². The lowest BCUT2D eigenvalue weighted by Gasteiger charge is -2.18. The second kappa shape index (κ2) is 6.30. The molecule has 5 nitrogen and oxygen atoms in total. The van der Waals surface area contributed by atoms with Crippen molar-refractivity contribution < 1.29 is 4.79 Å². The van der Waals surface area contributed by atoms with Crippen molar-refractivity contribution in [2.75, 3.05) is 7.05 Å². The number of fused-ring (bicyclic) bond motifs is 1. The smallest absolute Gasteiger partial charge is 0.258 e. The lowest BCUT2D eigenvalue weighted by Crippen LogP contribution is -2.29. The van der Waals surface area contributed by atoms with Gasteiger partial charge in [0.15, 0.2) is 0 Å². The van der Waals surface area contributed by atoms with Gasteiger partial charge in [-0.25, -0.2) is 4.98 Å². The van der Waals surface area contributed by atoms with E-state index in [2.05, 4.69) is 9.97 Å². The number of rotatable bonds is 4. The molecule has 0 aliphatic heterocycles. The van der Waals surface area contributed by atoms with Crippen molar-refractivity contribution in [3.63, 3.8) is 0 Å². The molecule has 1 N–H and O–H groups in total. The number of hydrogen-bond donors (Lipinski definition) is 1. The predicted molar refractivity (Wildman–Crippen MR) is 85.4 cm³/mol. The van der Waals surface area contributed by atoms with Crippen LogP contribution in [0.2, 0.25) is 0 Å². The van der Waals surface area contributed by atoms with E-state index >= 15 is 0 Å². The molecule has 1 aromatic carbocycles. The Balaban J connectivity index is 1.71. The third kappa shape index (κ3) is 3.18. The first kappa shape index (κ1) is 14.8. The standard InChI is InChI=1S/C17H21N3O2/c1-20(16(21)10-12-6-2-3-7-12)11-15-18-14-9-5-4-8-13(14)17(22)19-15/h4-5,8-9,12H,2-3,6-7,10-11H2,1H3,(H,18,19,22). The van der Waals surface area contributed by atoms with E-state index in [1.807, 2.05) is 18.2 Å². The van der Waals surface area contributed by atoms with Crippen LogP contribution in [0, 0.1) is 5.92 Å². The van der Waals surface area contributed by atoms with Crippen LogP contribution in [-0.4, -0.2) is 27.8 Å². The quantitative estimate of drug-likeness (QED) is 0.943. The summed E-state index contributed by atoms with van der Waals surface area (Å²) in [5.41, 5.74) is 0.509. The summed E-state index contributed by atoms with van der Waals surface area (Å²) in [5.74, 6) is 1.19. The minimum Gasteiger partial charge on any atom is -0.338 e. The summed E-state index contributed by atoms with van der Waals surface area (Å²) < 4.78 is 0. The van der Waals surface area contributed by atoms with Crippen molar-refractivity contribution in [2.24, 2.45) is 5.92 Å². The van der Waals surface area contributed by atoms with Gasteiger partial charge in [-0.05, 0) is 30.9 Å². The maximum atomic E-state index is 12.3. The Bertz CT molecular complexity index is 732. The lowest BCUT2D eigenvalue weighted by atomic mass is 10.0. The van der Waals surface area contributed by atoms with Crippen LogP contribution in [0.5, 0.6) is 0 Å². The van der Waals surface area contributed by atoms with Gasteiger partial charge in [0.2, 0.25) is 5.91 Å². The molecule has 0 spiro atoms. The summed E-state index contributed by atoms with van der Waals surface area (Å²) in [6.45, 7) is 0.339. The molecule has 1 aromatic heterocycles. The van der Waals surface area contributed by atoms with Crippen molar-refractivity contribution in [3.05, 3.63) is 40.4 Å². The molecule has 1 amide bonds. The van der Waals surface area contributed by atoms with Gasteiger partial charge in [-0.1, -0.05) is 25.0 Å². The Morgan fingerprint density at radius 2 is 2.05 bits per heavy atom. The van der Waals surface area contributed by atoms with Crippen LogP contribution in [0.1, 0.15) is 37.9 Å². The molecule has 1 heterocycles. The van der Waals surface area contributed by atoms with E-state index in [0.29, 0.717) is 35.6 Å². The molecular formula is C17H21N3O2. The number of aromatic amines is 1. The van der Waals surface area contributed by atoms with Gasteiger partial charge in [0.25, 0.3) is 5.56 Å². The highest BCUT2D eigenvalue weighted by molar-refractivity contribution is 5.77. The Hall–Kier alpha value is -2.17. The molecule has 22 heavy (non-hydrogen) atoms. The van der Waals surface area contributed by atoms with Crippen LogP contribution in [0.15, 0.2) is 29.1 Å². The number of nitrogens with zero attached hydrogens (tertiary/aromatic N) is 2. The molecule has 1 fully saturated rings. The zero-order valence-corrected chi connectivity index (χ0v) is 12.8. The summed E-state index contributed by atoms with van der Waals surface area (Å²) in [5, 5.41) is 0.575. The average molecular weight is 299 g/mol. The molecule has 0 atom stereocenters. The number of amides is 1. The van der Waals surface area contributed by atoms with E-state index in [1.54, 1.807) is 18.0 Å². The lowest BCUT2D eigenvalue weighted by molar-refractivity contribution is -0.131. The molecule has 0 saturated heterocycles. The van der Waals surface area contributed by atoms with Crippen LogP contribution in [-0.2, 0) is 11.3 Å². The molecular weight excluding hydrogens is 278 g/mol. The van der Waals surface area contributed by atoms with Crippen molar-refractivity contribution in [1.82, 2.24) is 14.9 Å². The molecule has 1 aliphatic carbocycles. The summed E-state index contributed by atoms with van der Waals surface area (Å²) in [7, 11) is 1.77. The number of nitrogens with one attached hydrogen (secondary N) is 1. The summed E-state index contributed by atoms with van der Waals surface area (Å²) in [4.78, 5) is 33.2. The first-order valence-corrected chi connectivity index (χ1v) is 7.85.